The third-order valence-electron chi connectivity index (χ3n) is 3.07. The fourth-order valence-corrected chi connectivity index (χ4v) is 2.12. The first-order chi connectivity index (χ1) is 11.0. The van der Waals surface area contributed by atoms with E-state index >= 15 is 0 Å². The van der Waals surface area contributed by atoms with Crippen molar-refractivity contribution < 1.29 is 14.6 Å². The highest BCUT2D eigenvalue weighted by molar-refractivity contribution is 6.30. The second-order valence-electron chi connectivity index (χ2n) is 5.05. The van der Waals surface area contributed by atoms with Crippen LogP contribution in [0, 0.1) is 13.8 Å². The first kappa shape index (κ1) is 16.8. The van der Waals surface area contributed by atoms with Gasteiger partial charge in [-0.15, -0.1) is 0 Å². The van der Waals surface area contributed by atoms with Gasteiger partial charge in [0.1, 0.15) is 11.5 Å². The lowest BCUT2D eigenvalue weighted by atomic mass is 10.1. The molecule has 0 unspecified atom stereocenters. The number of halogens is 1. The van der Waals surface area contributed by atoms with Crippen LogP contribution in [0.5, 0.6) is 11.5 Å². The summed E-state index contributed by atoms with van der Waals surface area (Å²) in [4.78, 5) is 11.7. The van der Waals surface area contributed by atoms with Crippen molar-refractivity contribution in [2.75, 3.05) is 6.61 Å². The van der Waals surface area contributed by atoms with E-state index < -0.39 is 5.91 Å². The van der Waals surface area contributed by atoms with Crippen LogP contribution in [0.1, 0.15) is 16.7 Å². The summed E-state index contributed by atoms with van der Waals surface area (Å²) in [5.74, 6) is 0.281. The minimum absolute atomic E-state index is 0.0268. The second-order valence-corrected chi connectivity index (χ2v) is 5.49. The van der Waals surface area contributed by atoms with Crippen LogP contribution in [-0.4, -0.2) is 23.8 Å². The molecule has 0 saturated heterocycles. The molecule has 120 valence electrons. The molecule has 0 aromatic heterocycles. The predicted octanol–water partition coefficient (Wildman–Crippen LogP) is 3.19. The lowest BCUT2D eigenvalue weighted by molar-refractivity contribution is -0.123. The number of aromatic hydroxyl groups is 1. The van der Waals surface area contributed by atoms with E-state index in [0.717, 1.165) is 11.1 Å². The zero-order valence-electron chi connectivity index (χ0n) is 12.8. The highest BCUT2D eigenvalue weighted by Gasteiger charge is 2.04. The Morgan fingerprint density at radius 3 is 2.83 bits per heavy atom. The number of phenols is 1. The number of nitrogens with zero attached hydrogens (tertiary/aromatic N) is 1. The molecule has 0 bridgehead atoms. The van der Waals surface area contributed by atoms with Gasteiger partial charge in [0.2, 0.25) is 0 Å². The van der Waals surface area contributed by atoms with Crippen LogP contribution in [0.25, 0.3) is 0 Å². The van der Waals surface area contributed by atoms with E-state index in [4.69, 9.17) is 16.3 Å². The summed E-state index contributed by atoms with van der Waals surface area (Å²) < 4.78 is 5.44. The fraction of sp³-hybridized carbons (Fsp3) is 0.176. The average Bonchev–Trinajstić information content (AvgIpc) is 2.50. The Labute approximate surface area is 139 Å². The van der Waals surface area contributed by atoms with Gasteiger partial charge in [-0.1, -0.05) is 29.3 Å². The number of rotatable bonds is 5. The molecule has 1 amide bonds. The molecule has 6 heteroatoms. The van der Waals surface area contributed by atoms with Gasteiger partial charge in [0.05, 0.1) is 6.21 Å². The van der Waals surface area contributed by atoms with Crippen LogP contribution in [0.3, 0.4) is 0 Å². The van der Waals surface area contributed by atoms with Crippen LogP contribution < -0.4 is 10.2 Å². The van der Waals surface area contributed by atoms with Crippen molar-refractivity contribution >= 4 is 23.7 Å². The van der Waals surface area contributed by atoms with E-state index in [1.54, 1.807) is 12.1 Å². The lowest BCUT2D eigenvalue weighted by Gasteiger charge is -2.08. The van der Waals surface area contributed by atoms with Crippen molar-refractivity contribution in [3.05, 3.63) is 58.1 Å². The Morgan fingerprint density at radius 2 is 2.09 bits per heavy atom. The van der Waals surface area contributed by atoms with Gasteiger partial charge in [-0.3, -0.25) is 4.79 Å². The number of carbonyl (C=O) groups excluding carboxylic acids is 1. The molecule has 0 aliphatic carbocycles. The number of benzene rings is 2. The molecule has 0 aliphatic rings. The quantitative estimate of drug-likeness (QED) is 0.652. The van der Waals surface area contributed by atoms with Crippen LogP contribution >= 0.6 is 11.6 Å². The minimum atomic E-state index is -0.400. The van der Waals surface area contributed by atoms with Gasteiger partial charge in [-0.25, -0.2) is 5.43 Å². The summed E-state index contributed by atoms with van der Waals surface area (Å²) in [7, 11) is 0. The molecule has 0 aliphatic heterocycles. The molecule has 2 rings (SSSR count). The zero-order valence-corrected chi connectivity index (χ0v) is 13.6. The molecule has 2 aromatic carbocycles. The molecule has 0 atom stereocenters. The second kappa shape index (κ2) is 7.65. The monoisotopic (exact) mass is 332 g/mol. The van der Waals surface area contributed by atoms with Gasteiger partial charge < -0.3 is 9.84 Å². The van der Waals surface area contributed by atoms with E-state index in [-0.39, 0.29) is 12.4 Å². The molecular weight excluding hydrogens is 316 g/mol. The number of ether oxygens (including phenoxy) is 1. The number of carbonyl (C=O) groups is 1. The van der Waals surface area contributed by atoms with E-state index in [9.17, 15) is 9.90 Å². The predicted molar refractivity (Wildman–Crippen MR) is 90.3 cm³/mol. The van der Waals surface area contributed by atoms with E-state index in [1.807, 2.05) is 32.0 Å². The Kier molecular flexibility index (Phi) is 5.60. The van der Waals surface area contributed by atoms with Crippen molar-refractivity contribution in [3.8, 4) is 11.5 Å². The Morgan fingerprint density at radius 1 is 1.30 bits per heavy atom. The van der Waals surface area contributed by atoms with Crippen LogP contribution in [0.2, 0.25) is 5.02 Å². The van der Waals surface area contributed by atoms with Crippen molar-refractivity contribution in [1.82, 2.24) is 5.43 Å². The van der Waals surface area contributed by atoms with Gasteiger partial charge in [0.15, 0.2) is 6.61 Å². The highest BCUT2D eigenvalue weighted by atomic mass is 35.5. The topological polar surface area (TPSA) is 70.9 Å². The molecule has 0 saturated carbocycles. The Balaban J connectivity index is 1.87. The maximum Gasteiger partial charge on any atom is 0.277 e. The van der Waals surface area contributed by atoms with Gasteiger partial charge in [-0.05, 0) is 43.7 Å². The standard InChI is InChI=1S/C17H17ClN2O3/c1-11-3-6-16(12(2)7-11)23-10-17(22)20-19-9-13-8-14(18)4-5-15(13)21/h3-9,21H,10H2,1-2H3,(H,20,22)/b19-9+. The average molecular weight is 333 g/mol. The number of hydrazone groups is 1. The molecule has 0 radical (unpaired) electrons. The zero-order chi connectivity index (χ0) is 16.8. The number of amides is 1. The molecule has 0 fully saturated rings. The van der Waals surface area contributed by atoms with E-state index in [1.165, 1.54) is 12.3 Å². The van der Waals surface area contributed by atoms with Crippen molar-refractivity contribution in [1.29, 1.82) is 0 Å². The Bertz CT molecular complexity index is 745. The van der Waals surface area contributed by atoms with Crippen LogP contribution in [0.15, 0.2) is 41.5 Å². The molecule has 5 nitrogen and oxygen atoms in total. The largest absolute Gasteiger partial charge is 0.507 e. The summed E-state index contributed by atoms with van der Waals surface area (Å²) in [6.07, 6.45) is 1.32. The van der Waals surface area contributed by atoms with Crippen molar-refractivity contribution in [2.45, 2.75) is 13.8 Å². The summed E-state index contributed by atoms with van der Waals surface area (Å²) >= 11 is 5.82. The molecule has 2 N–H and O–H groups in total. The fourth-order valence-electron chi connectivity index (χ4n) is 1.94. The number of phenolic OH excluding ortho intramolecular Hbond substituents is 1. The SMILES string of the molecule is Cc1ccc(OCC(=O)N/N=C/c2cc(Cl)ccc2O)c(C)c1. The molecular formula is C17H17ClN2O3. The van der Waals surface area contributed by atoms with Gasteiger partial charge in [0, 0.05) is 10.6 Å². The van der Waals surface area contributed by atoms with Crippen molar-refractivity contribution in [2.24, 2.45) is 5.10 Å². The normalized spacial score (nSPS) is 10.7. The van der Waals surface area contributed by atoms with E-state index in [0.29, 0.717) is 16.3 Å². The molecule has 2 aromatic rings. The van der Waals surface area contributed by atoms with Crippen molar-refractivity contribution in [3.63, 3.8) is 0 Å². The molecule has 0 heterocycles. The first-order valence-electron chi connectivity index (χ1n) is 6.96. The van der Waals surface area contributed by atoms with Crippen LogP contribution in [-0.2, 0) is 4.79 Å². The van der Waals surface area contributed by atoms with Crippen LogP contribution in [0.4, 0.5) is 0 Å². The first-order valence-corrected chi connectivity index (χ1v) is 7.34. The minimum Gasteiger partial charge on any atom is -0.507 e. The van der Waals surface area contributed by atoms with E-state index in [2.05, 4.69) is 10.5 Å². The highest BCUT2D eigenvalue weighted by Crippen LogP contribution is 2.20. The summed E-state index contributed by atoms with van der Waals surface area (Å²) in [5, 5.41) is 13.9. The maximum atomic E-state index is 11.7. The number of hydrogen-bond acceptors (Lipinski definition) is 4. The number of hydrogen-bond donors (Lipinski definition) is 2. The molecule has 0 spiro atoms. The van der Waals surface area contributed by atoms with Gasteiger partial charge >= 0.3 is 0 Å². The number of nitrogens with one attached hydrogen (secondary N) is 1. The van der Waals surface area contributed by atoms with Gasteiger partial charge in [0.25, 0.3) is 5.91 Å². The van der Waals surface area contributed by atoms with Gasteiger partial charge in [-0.2, -0.15) is 5.10 Å². The maximum absolute atomic E-state index is 11.7. The summed E-state index contributed by atoms with van der Waals surface area (Å²) in [5.41, 5.74) is 4.83. The third kappa shape index (κ3) is 5.00. The third-order valence-corrected chi connectivity index (χ3v) is 3.31. The number of aryl methyl sites for hydroxylation is 2. The molecule has 23 heavy (non-hydrogen) atoms. The summed E-state index contributed by atoms with van der Waals surface area (Å²) in [6, 6.07) is 10.3. The lowest BCUT2D eigenvalue weighted by Crippen LogP contribution is -2.24. The smallest absolute Gasteiger partial charge is 0.277 e. The summed E-state index contributed by atoms with van der Waals surface area (Å²) in [6.45, 7) is 3.76. The Hall–Kier alpha value is -2.53.